The van der Waals surface area contributed by atoms with Crippen LogP contribution in [0.2, 0.25) is 0 Å². The van der Waals surface area contributed by atoms with Gasteiger partial charge in [0.05, 0.1) is 104 Å². The van der Waals surface area contributed by atoms with Crippen molar-refractivity contribution in [2.45, 2.75) is 72.6 Å². The Morgan fingerprint density at radius 2 is 1.04 bits per heavy atom. The van der Waals surface area contributed by atoms with Crippen LogP contribution in [0.5, 0.6) is 11.5 Å². The van der Waals surface area contributed by atoms with Crippen LogP contribution in [-0.2, 0) is 90.3 Å². The number of thioether (sulfide) groups is 1. The fraction of sp³-hybridized carbons (Fsp3) is 0.495. The van der Waals surface area contributed by atoms with Crippen LogP contribution in [0.25, 0.3) is 22.3 Å². The molecule has 0 saturated carbocycles. The van der Waals surface area contributed by atoms with Crippen LogP contribution in [0.1, 0.15) is 111 Å². The number of hydrogen-bond donors (Lipinski definition) is 5. The van der Waals surface area contributed by atoms with Gasteiger partial charge in [0.15, 0.2) is 5.78 Å². The number of carbonyl (C=O) groups excluding carboxylic acids is 9. The number of alkyl carbamates (subject to hydrolysis) is 1. The zero-order valence-electron chi connectivity index (χ0n) is 71.6. The van der Waals surface area contributed by atoms with E-state index in [1.807, 2.05) is 132 Å². The summed E-state index contributed by atoms with van der Waals surface area (Å²) in [5, 5.41) is 8.32. The van der Waals surface area contributed by atoms with Crippen molar-refractivity contribution in [1.29, 1.82) is 0 Å². The summed E-state index contributed by atoms with van der Waals surface area (Å²) in [6, 6.07) is 44.3. The Morgan fingerprint density at radius 3 is 1.56 bits per heavy atom. The number of aliphatic imine (C=N–C) groups is 1. The maximum absolute atomic E-state index is 14.3. The Bertz CT molecular complexity index is 4430. The van der Waals surface area contributed by atoms with E-state index >= 15 is 0 Å². The lowest BCUT2D eigenvalue weighted by molar-refractivity contribution is -0.145. The normalized spacial score (nSPS) is 14.8. The van der Waals surface area contributed by atoms with E-state index in [0.717, 1.165) is 62.4 Å². The number of ether oxygens (including phenoxy) is 13. The first-order valence-electron chi connectivity index (χ1n) is 41.7. The number of amidine groups is 1. The summed E-state index contributed by atoms with van der Waals surface area (Å²) in [7, 11) is -2.43. The molecule has 0 aromatic heterocycles. The average molecular weight is 1760 g/mol. The maximum atomic E-state index is 14.3. The molecular weight excluding hydrogens is 1640 g/mol. The van der Waals surface area contributed by atoms with Gasteiger partial charge in [-0.3, -0.25) is 43.5 Å². The fourth-order valence-electron chi connectivity index (χ4n) is 14.6. The van der Waals surface area contributed by atoms with Crippen molar-refractivity contribution in [1.82, 2.24) is 26.3 Å². The van der Waals surface area contributed by atoms with Gasteiger partial charge in [0, 0.05) is 61.8 Å². The molecule has 9 rings (SSSR count). The molecule has 672 valence electrons. The third kappa shape index (κ3) is 32.1. The molecule has 6 aromatic carbocycles. The van der Waals surface area contributed by atoms with Gasteiger partial charge in [-0.1, -0.05) is 132 Å². The summed E-state index contributed by atoms with van der Waals surface area (Å²) in [5.41, 5.74) is 10.8. The summed E-state index contributed by atoms with van der Waals surface area (Å²) in [5.74, 6) is -2.28. The number of carbonyl (C=O) groups is 9. The lowest BCUT2D eigenvalue weighted by Crippen LogP contribution is -2.45. The summed E-state index contributed by atoms with van der Waals surface area (Å²) in [6.45, 7) is 12.5. The monoisotopic (exact) mass is 1760 g/mol. The van der Waals surface area contributed by atoms with E-state index < -0.39 is 67.3 Å². The predicted molar refractivity (Wildman–Crippen MR) is 463 cm³/mol. The number of hydroxylamine groups is 1. The highest BCUT2D eigenvalue weighted by atomic mass is 32.2. The van der Waals surface area contributed by atoms with E-state index in [1.54, 1.807) is 48.2 Å². The molecule has 5 atom stereocenters. The number of rotatable bonds is 55. The summed E-state index contributed by atoms with van der Waals surface area (Å²) >= 11 is 1.76. The average Bonchev–Trinajstić information content (AvgIpc) is 1.62. The second-order valence-corrected chi connectivity index (χ2v) is 34.8. The number of Topliss-reactive ketones (excluding diaryl/α,β-unsaturated/α-hetero) is 2. The number of amides is 6. The quantitative estimate of drug-likeness (QED) is 0.00450. The van der Waals surface area contributed by atoms with Crippen molar-refractivity contribution in [3.05, 3.63) is 179 Å². The molecule has 1 aliphatic heterocycles. The van der Waals surface area contributed by atoms with Gasteiger partial charge in [0.25, 0.3) is 0 Å². The zero-order valence-corrected chi connectivity index (χ0v) is 73.3. The minimum absolute atomic E-state index is 0.00537. The van der Waals surface area contributed by atoms with Gasteiger partial charge in [-0.15, -0.1) is 0 Å². The second-order valence-electron chi connectivity index (χ2n) is 31.4. The summed E-state index contributed by atoms with van der Waals surface area (Å²) in [4.78, 5) is 140. The van der Waals surface area contributed by atoms with Crippen molar-refractivity contribution in [3.63, 3.8) is 0 Å². The molecule has 124 heavy (non-hydrogen) atoms. The molecule has 5 N–H and O–H groups in total. The first-order chi connectivity index (χ1) is 59.9. The molecule has 1 heterocycles. The molecule has 2 aliphatic carbocycles. The van der Waals surface area contributed by atoms with E-state index in [4.69, 9.17) is 66.4 Å². The van der Waals surface area contributed by atoms with Crippen LogP contribution < -0.4 is 30.9 Å². The predicted octanol–water partition coefficient (Wildman–Crippen LogP) is 10.8. The smallest absolute Gasteiger partial charge is 0.435 e. The standard InChI is InChI=1S/C91H117N6O25PS/c1-62(2)52-77(84(87(103)96-109-7)66-32-51-124-59-66)81(99)53-80(91(4,5)6)86(102)93-34-38-110-41-42-112-39-35-97(83(101)58-116-46-48-118-61-123(107,108)60-117-47-45-114-54-63(3)98)36-40-113-43-44-115-57-82(100)92-33-37-111-49-50-119-67-28-26-65(27-29-67)88(104)122-68-30-24-64(25-31-68)85(94-89(105)120-55-78-73-20-12-8-16-69(73)70-17-9-13-21-74(70)78)95-90(106)121-56-79-75-22-14-10-18-71(75)72-19-11-15-23-76(72)79/h8-31,62,66,77-80,84H,32-61H2,1-7H3,(H,92,100)(H,93,102)(H,96,103)(H,107,108)(H,94,95,105,106). The van der Waals surface area contributed by atoms with Crippen molar-refractivity contribution in [2.24, 2.45) is 40.0 Å². The highest BCUT2D eigenvalue weighted by molar-refractivity contribution is 7.99. The minimum atomic E-state index is -3.81. The van der Waals surface area contributed by atoms with Gasteiger partial charge >= 0.3 is 18.2 Å². The molecule has 0 radical (unpaired) electrons. The Balaban J connectivity index is 0.650. The lowest BCUT2D eigenvalue weighted by Gasteiger charge is -2.34. The van der Waals surface area contributed by atoms with Gasteiger partial charge in [-0.05, 0) is 142 Å². The van der Waals surface area contributed by atoms with Gasteiger partial charge in [-0.25, -0.2) is 19.9 Å². The van der Waals surface area contributed by atoms with E-state index in [2.05, 4.69) is 26.4 Å². The van der Waals surface area contributed by atoms with Crippen LogP contribution in [0.4, 0.5) is 9.59 Å². The second kappa shape index (κ2) is 51.7. The topological polar surface area (TPSA) is 384 Å². The molecular formula is C91H117N6O25PS. The Hall–Kier alpha value is -9.64. The number of benzene rings is 6. The molecule has 1 fully saturated rings. The zero-order chi connectivity index (χ0) is 88.6. The third-order valence-electron chi connectivity index (χ3n) is 20.7. The van der Waals surface area contributed by atoms with E-state index in [9.17, 15) is 52.6 Å². The minimum Gasteiger partial charge on any atom is -0.491 e. The van der Waals surface area contributed by atoms with Crippen molar-refractivity contribution in [2.75, 3.05) is 183 Å². The largest absolute Gasteiger partial charge is 0.491 e. The molecule has 0 bridgehead atoms. The molecule has 0 spiro atoms. The number of nitrogens with zero attached hydrogens (tertiary/aromatic N) is 2. The van der Waals surface area contributed by atoms with E-state index in [-0.39, 0.29) is 228 Å². The van der Waals surface area contributed by atoms with Gasteiger partial charge in [0.1, 0.15) is 75.5 Å². The van der Waals surface area contributed by atoms with Crippen LogP contribution in [0, 0.1) is 35.0 Å². The Kier molecular flexibility index (Phi) is 40.9. The third-order valence-corrected chi connectivity index (χ3v) is 23.0. The highest BCUT2D eigenvalue weighted by Crippen LogP contribution is 2.47. The first kappa shape index (κ1) is 98.2. The highest BCUT2D eigenvalue weighted by Gasteiger charge is 2.44. The molecule has 1 saturated heterocycles. The van der Waals surface area contributed by atoms with Gasteiger partial charge in [0.2, 0.25) is 31.0 Å². The van der Waals surface area contributed by atoms with Crippen molar-refractivity contribution < 1.29 is 119 Å². The first-order valence-corrected chi connectivity index (χ1v) is 44.9. The summed E-state index contributed by atoms with van der Waals surface area (Å²) in [6.07, 6.45) is -1.48. The number of fused-ring (bicyclic) bond motifs is 6. The van der Waals surface area contributed by atoms with E-state index in [1.165, 1.54) is 31.1 Å². The number of hydrogen-bond acceptors (Lipinski definition) is 25. The molecule has 3 aliphatic rings. The number of esters is 1. The molecule has 6 amide bonds. The van der Waals surface area contributed by atoms with Crippen LogP contribution >= 0.6 is 19.1 Å². The maximum Gasteiger partial charge on any atom is 0.435 e. The van der Waals surface area contributed by atoms with Gasteiger partial charge in [-0.2, -0.15) is 16.8 Å². The van der Waals surface area contributed by atoms with Crippen molar-refractivity contribution >= 4 is 78.3 Å². The lowest BCUT2D eigenvalue weighted by atomic mass is 9.70. The number of ketones is 2. The Labute approximate surface area is 728 Å². The van der Waals surface area contributed by atoms with Crippen LogP contribution in [0.15, 0.2) is 151 Å². The molecule has 6 aromatic rings. The fourth-order valence-corrected chi connectivity index (χ4v) is 16.8. The van der Waals surface area contributed by atoms with Crippen LogP contribution in [0.3, 0.4) is 0 Å². The molecule has 31 nitrogen and oxygen atoms in total. The summed E-state index contributed by atoms with van der Waals surface area (Å²) < 4.78 is 85.3. The van der Waals surface area contributed by atoms with E-state index in [0.29, 0.717) is 17.7 Å². The van der Waals surface area contributed by atoms with Crippen molar-refractivity contribution in [3.8, 4) is 33.8 Å². The van der Waals surface area contributed by atoms with Gasteiger partial charge < -0.3 is 82.0 Å². The molecule has 33 heteroatoms. The van der Waals surface area contributed by atoms with Crippen LogP contribution in [-0.4, -0.2) is 252 Å². The number of nitrogens with one attached hydrogen (secondary N) is 4. The Morgan fingerprint density at radius 1 is 0.556 bits per heavy atom. The SMILES string of the molecule is CONC(=O)C(C1CCSC1)C(CC(C)C)C(=O)CC(C(=O)NCCOCCOCCN(CCOCCOCC(=O)NCCOCCOc1ccc(C(=O)Oc2ccc(C(=NC(=O)OCC3c4ccccc4-c4ccccc43)NC(=O)OCC3c4ccccc4-c4ccccc43)cc2)cc1)C(=O)COCCOCP(=O)(O)COCCOCC(C)=O)C(C)(C)C. The molecule has 5 unspecified atom stereocenters.